The van der Waals surface area contributed by atoms with E-state index in [1.54, 1.807) is 0 Å². The molecule has 0 aromatic carbocycles. The lowest BCUT2D eigenvalue weighted by Crippen LogP contribution is -2.41. The van der Waals surface area contributed by atoms with Crippen LogP contribution in [0, 0.1) is 0 Å². The molecule has 0 atom stereocenters. The Hall–Kier alpha value is -0.0400. The second kappa shape index (κ2) is 36.4. The summed E-state index contributed by atoms with van der Waals surface area (Å²) < 4.78 is 1.25. The van der Waals surface area contributed by atoms with E-state index >= 15 is 0 Å². The molecule has 0 aliphatic rings. The predicted molar refractivity (Wildman–Crippen MR) is 199 cm³/mol. The van der Waals surface area contributed by atoms with Crippen molar-refractivity contribution in [3.8, 4) is 0 Å². The van der Waals surface area contributed by atoms with E-state index < -0.39 is 0 Å². The molecule has 0 N–H and O–H groups in total. The molecular formula is C42H88N+. The smallest absolute Gasteiger partial charge is 0.0782 e. The van der Waals surface area contributed by atoms with Crippen LogP contribution >= 0.6 is 0 Å². The van der Waals surface area contributed by atoms with E-state index in [-0.39, 0.29) is 0 Å². The SMILES string of the molecule is CCCCCCCCCCCCCCCCCCCCCCCCCC[N+](C)(C)CCCCCCCCCCCCCC. The van der Waals surface area contributed by atoms with Gasteiger partial charge in [-0.15, -0.1) is 0 Å². The third-order valence-corrected chi connectivity index (χ3v) is 10.2. The minimum Gasteiger partial charge on any atom is -0.328 e. The van der Waals surface area contributed by atoms with Crippen LogP contribution in [0.25, 0.3) is 0 Å². The fourth-order valence-corrected chi connectivity index (χ4v) is 6.99. The second-order valence-electron chi connectivity index (χ2n) is 15.4. The lowest BCUT2D eigenvalue weighted by molar-refractivity contribution is -0.890. The molecule has 0 aliphatic heterocycles. The van der Waals surface area contributed by atoms with Gasteiger partial charge in [0, 0.05) is 0 Å². The van der Waals surface area contributed by atoms with E-state index in [0.29, 0.717) is 0 Å². The van der Waals surface area contributed by atoms with Gasteiger partial charge in [-0.3, -0.25) is 0 Å². The van der Waals surface area contributed by atoms with Crippen LogP contribution < -0.4 is 0 Å². The van der Waals surface area contributed by atoms with Crippen molar-refractivity contribution in [3.05, 3.63) is 0 Å². The third kappa shape index (κ3) is 38.1. The Morgan fingerprint density at radius 3 is 0.512 bits per heavy atom. The van der Waals surface area contributed by atoms with Gasteiger partial charge in [-0.25, -0.2) is 0 Å². The van der Waals surface area contributed by atoms with Crippen LogP contribution in [0.3, 0.4) is 0 Å². The second-order valence-corrected chi connectivity index (χ2v) is 15.4. The molecule has 0 saturated heterocycles. The van der Waals surface area contributed by atoms with Gasteiger partial charge in [0.15, 0.2) is 0 Å². The van der Waals surface area contributed by atoms with Gasteiger partial charge in [0.2, 0.25) is 0 Å². The molecule has 0 rings (SSSR count). The summed E-state index contributed by atoms with van der Waals surface area (Å²) in [5.41, 5.74) is 0. The van der Waals surface area contributed by atoms with Gasteiger partial charge in [0.1, 0.15) is 0 Å². The minimum atomic E-state index is 1.25. The van der Waals surface area contributed by atoms with Crippen molar-refractivity contribution < 1.29 is 4.48 Å². The van der Waals surface area contributed by atoms with Crippen molar-refractivity contribution in [2.24, 2.45) is 0 Å². The summed E-state index contributed by atoms with van der Waals surface area (Å²) in [6, 6.07) is 0. The van der Waals surface area contributed by atoms with Gasteiger partial charge < -0.3 is 4.48 Å². The van der Waals surface area contributed by atoms with Crippen molar-refractivity contribution in [2.45, 2.75) is 245 Å². The molecule has 0 saturated carbocycles. The Bertz CT molecular complexity index is 483. The molecule has 0 heterocycles. The molecule has 1 heteroatoms. The minimum absolute atomic E-state index is 1.25. The van der Waals surface area contributed by atoms with Gasteiger partial charge in [-0.1, -0.05) is 219 Å². The Morgan fingerprint density at radius 2 is 0.349 bits per heavy atom. The number of hydrogen-bond acceptors (Lipinski definition) is 0. The fraction of sp³-hybridized carbons (Fsp3) is 1.00. The number of rotatable bonds is 38. The van der Waals surface area contributed by atoms with E-state index in [2.05, 4.69) is 27.9 Å². The molecule has 0 amide bonds. The highest BCUT2D eigenvalue weighted by Gasteiger charge is 2.13. The van der Waals surface area contributed by atoms with Crippen LogP contribution in [0.2, 0.25) is 0 Å². The summed E-state index contributed by atoms with van der Waals surface area (Å²) in [5.74, 6) is 0. The Morgan fingerprint density at radius 1 is 0.209 bits per heavy atom. The summed E-state index contributed by atoms with van der Waals surface area (Å²) >= 11 is 0. The highest BCUT2D eigenvalue weighted by atomic mass is 15.3. The molecule has 0 bridgehead atoms. The summed E-state index contributed by atoms with van der Waals surface area (Å²) in [7, 11) is 4.94. The molecule has 0 aromatic heterocycles. The molecule has 43 heavy (non-hydrogen) atoms. The first-order valence-electron chi connectivity index (χ1n) is 20.9. The van der Waals surface area contributed by atoms with Crippen molar-refractivity contribution >= 4 is 0 Å². The lowest BCUT2D eigenvalue weighted by atomic mass is 10.0. The Balaban J connectivity index is 3.22. The maximum absolute atomic E-state index is 2.47. The number of nitrogens with zero attached hydrogens (tertiary/aromatic N) is 1. The average Bonchev–Trinajstić information content (AvgIpc) is 3.00. The van der Waals surface area contributed by atoms with Gasteiger partial charge in [-0.2, -0.15) is 0 Å². The number of unbranched alkanes of at least 4 members (excludes halogenated alkanes) is 34. The van der Waals surface area contributed by atoms with E-state index in [1.165, 1.54) is 249 Å². The zero-order valence-electron chi connectivity index (χ0n) is 31.3. The van der Waals surface area contributed by atoms with Crippen LogP contribution in [0.5, 0.6) is 0 Å². The van der Waals surface area contributed by atoms with Crippen LogP contribution in [0.15, 0.2) is 0 Å². The molecule has 0 aliphatic carbocycles. The first-order chi connectivity index (χ1) is 21.1. The van der Waals surface area contributed by atoms with Crippen molar-refractivity contribution in [1.29, 1.82) is 0 Å². The first-order valence-corrected chi connectivity index (χ1v) is 20.9. The molecule has 0 aromatic rings. The third-order valence-electron chi connectivity index (χ3n) is 10.2. The summed E-state index contributed by atoms with van der Waals surface area (Å²) in [6.07, 6.45) is 52.9. The molecular weight excluding hydrogens is 518 g/mol. The summed E-state index contributed by atoms with van der Waals surface area (Å²) in [5, 5.41) is 0. The normalized spacial score (nSPS) is 12.0. The molecule has 0 spiro atoms. The van der Waals surface area contributed by atoms with Gasteiger partial charge in [0.05, 0.1) is 27.2 Å². The zero-order chi connectivity index (χ0) is 31.4. The molecule has 0 unspecified atom stereocenters. The topological polar surface area (TPSA) is 0 Å². The Kier molecular flexibility index (Phi) is 36.4. The quantitative estimate of drug-likeness (QED) is 0.0484. The molecule has 0 fully saturated rings. The standard InChI is InChI=1S/C42H88N/c1-5-7-9-11-13-15-17-19-20-21-22-23-24-25-26-27-28-29-30-32-34-36-38-40-42-43(3,4)41-39-37-35-33-31-18-16-14-12-10-8-6-2/h5-42H2,1-4H3/q+1. The fourth-order valence-electron chi connectivity index (χ4n) is 6.99. The maximum Gasteiger partial charge on any atom is 0.0782 e. The summed E-state index contributed by atoms with van der Waals surface area (Å²) in [4.78, 5) is 0. The van der Waals surface area contributed by atoms with Crippen molar-refractivity contribution in [2.75, 3.05) is 27.2 Å². The molecule has 0 radical (unpaired) electrons. The van der Waals surface area contributed by atoms with Crippen LogP contribution in [-0.2, 0) is 0 Å². The van der Waals surface area contributed by atoms with Gasteiger partial charge in [0.25, 0.3) is 0 Å². The lowest BCUT2D eigenvalue weighted by Gasteiger charge is -2.30. The monoisotopic (exact) mass is 607 g/mol. The van der Waals surface area contributed by atoms with Gasteiger partial charge >= 0.3 is 0 Å². The summed E-state index contributed by atoms with van der Waals surface area (Å²) in [6.45, 7) is 7.39. The molecule has 260 valence electrons. The maximum atomic E-state index is 2.47. The van der Waals surface area contributed by atoms with E-state index in [4.69, 9.17) is 0 Å². The van der Waals surface area contributed by atoms with Crippen LogP contribution in [0.4, 0.5) is 0 Å². The Labute approximate surface area is 276 Å². The van der Waals surface area contributed by atoms with Crippen LogP contribution in [-0.4, -0.2) is 31.7 Å². The number of quaternary nitrogens is 1. The van der Waals surface area contributed by atoms with Gasteiger partial charge in [-0.05, 0) is 25.7 Å². The van der Waals surface area contributed by atoms with E-state index in [9.17, 15) is 0 Å². The first kappa shape index (κ1) is 43.0. The van der Waals surface area contributed by atoms with E-state index in [0.717, 1.165) is 0 Å². The van der Waals surface area contributed by atoms with Crippen molar-refractivity contribution in [3.63, 3.8) is 0 Å². The molecule has 1 nitrogen and oxygen atoms in total. The highest BCUT2D eigenvalue weighted by Crippen LogP contribution is 2.17. The number of hydrogen-bond donors (Lipinski definition) is 0. The largest absolute Gasteiger partial charge is 0.328 e. The average molecular weight is 607 g/mol. The van der Waals surface area contributed by atoms with Crippen LogP contribution in [0.1, 0.15) is 245 Å². The highest BCUT2D eigenvalue weighted by molar-refractivity contribution is 4.53. The zero-order valence-corrected chi connectivity index (χ0v) is 31.3. The van der Waals surface area contributed by atoms with E-state index in [1.807, 2.05) is 0 Å². The van der Waals surface area contributed by atoms with Crippen molar-refractivity contribution in [1.82, 2.24) is 0 Å². The predicted octanol–water partition coefficient (Wildman–Crippen LogP) is 15.1.